The normalized spacial score (nSPS) is 12.6. The molecule has 0 aliphatic carbocycles. The second-order valence-electron chi connectivity index (χ2n) is 3.02. The highest BCUT2D eigenvalue weighted by Gasteiger charge is 2.37. The Bertz CT molecular complexity index is 481. The summed E-state index contributed by atoms with van der Waals surface area (Å²) < 4.78 is 35.7. The number of rotatable bonds is 2. The molecule has 0 amide bonds. The minimum Gasteiger partial charge on any atom is -0.507 e. The molecule has 1 aromatic rings. The maximum absolute atomic E-state index is 11.9. The van der Waals surface area contributed by atoms with Gasteiger partial charge in [0.2, 0.25) is 0 Å². The van der Waals surface area contributed by atoms with Crippen molar-refractivity contribution in [3.05, 3.63) is 39.9 Å². The average Bonchev–Trinajstić information content (AvgIpc) is 2.20. The molecule has 1 N–H and O–H groups in total. The molecule has 17 heavy (non-hydrogen) atoms. The van der Waals surface area contributed by atoms with E-state index in [0.29, 0.717) is 0 Å². The quantitative estimate of drug-likeness (QED) is 0.658. The van der Waals surface area contributed by atoms with Gasteiger partial charge >= 0.3 is 6.18 Å². The Kier molecular flexibility index (Phi) is 4.06. The van der Waals surface area contributed by atoms with E-state index in [4.69, 9.17) is 23.2 Å². The molecule has 0 heterocycles. The van der Waals surface area contributed by atoms with Gasteiger partial charge in [-0.1, -0.05) is 23.2 Å². The van der Waals surface area contributed by atoms with Crippen molar-refractivity contribution in [3.8, 4) is 0 Å². The van der Waals surface area contributed by atoms with Crippen LogP contribution in [0.4, 0.5) is 13.2 Å². The number of carbonyl (C=O) groups is 1. The zero-order valence-corrected chi connectivity index (χ0v) is 9.57. The summed E-state index contributed by atoms with van der Waals surface area (Å²) in [5.41, 5.74) is -0.0306. The fourth-order valence-electron chi connectivity index (χ4n) is 0.945. The number of carbonyl (C=O) groups excluding carboxylic acids is 1. The third kappa shape index (κ3) is 3.64. The molecule has 0 saturated carbocycles. The smallest absolute Gasteiger partial charge is 0.454 e. The molecule has 0 atom stereocenters. The molecule has 0 saturated heterocycles. The van der Waals surface area contributed by atoms with Crippen molar-refractivity contribution in [3.63, 3.8) is 0 Å². The Hall–Kier alpha value is -1.20. The van der Waals surface area contributed by atoms with Crippen LogP contribution in [0.15, 0.2) is 24.3 Å². The van der Waals surface area contributed by atoms with Crippen LogP contribution < -0.4 is 0 Å². The minimum absolute atomic E-state index is 0.0306. The van der Waals surface area contributed by atoms with Gasteiger partial charge in [0.05, 0.1) is 10.0 Å². The number of hydrogen-bond donors (Lipinski definition) is 1. The monoisotopic (exact) mass is 284 g/mol. The Morgan fingerprint density at radius 3 is 2.29 bits per heavy atom. The van der Waals surface area contributed by atoms with Gasteiger partial charge in [-0.15, -0.1) is 0 Å². The van der Waals surface area contributed by atoms with Crippen molar-refractivity contribution in [1.82, 2.24) is 0 Å². The molecule has 0 unspecified atom stereocenters. The van der Waals surface area contributed by atoms with E-state index in [9.17, 15) is 23.1 Å². The fourth-order valence-corrected chi connectivity index (χ4v) is 1.24. The van der Waals surface area contributed by atoms with Crippen LogP contribution in [0.25, 0.3) is 5.76 Å². The summed E-state index contributed by atoms with van der Waals surface area (Å²) in [5, 5.41) is 9.55. The van der Waals surface area contributed by atoms with E-state index in [-0.39, 0.29) is 21.7 Å². The molecule has 2 nitrogen and oxygen atoms in total. The van der Waals surface area contributed by atoms with Crippen LogP contribution in [0.1, 0.15) is 5.56 Å². The van der Waals surface area contributed by atoms with Crippen LogP contribution in [0.2, 0.25) is 10.0 Å². The first-order chi connectivity index (χ1) is 7.71. The second kappa shape index (κ2) is 4.98. The van der Waals surface area contributed by atoms with Crippen LogP contribution in [0.3, 0.4) is 0 Å². The summed E-state index contributed by atoms with van der Waals surface area (Å²) in [5.74, 6) is -2.98. The lowest BCUT2D eigenvalue weighted by Crippen LogP contribution is -2.20. The lowest BCUT2D eigenvalue weighted by Gasteiger charge is -2.04. The first kappa shape index (κ1) is 13.9. The molecule has 0 spiro atoms. The second-order valence-corrected chi connectivity index (χ2v) is 3.83. The maximum Gasteiger partial charge on any atom is 0.454 e. The van der Waals surface area contributed by atoms with E-state index in [1.807, 2.05) is 0 Å². The van der Waals surface area contributed by atoms with Crippen LogP contribution in [-0.2, 0) is 4.79 Å². The molecular formula is C10H5Cl2F3O2. The van der Waals surface area contributed by atoms with E-state index in [2.05, 4.69) is 0 Å². The topological polar surface area (TPSA) is 37.3 Å². The number of ketones is 1. The van der Waals surface area contributed by atoms with Crippen LogP contribution in [0, 0.1) is 0 Å². The summed E-state index contributed by atoms with van der Waals surface area (Å²) in [7, 11) is 0. The highest BCUT2D eigenvalue weighted by Crippen LogP contribution is 2.26. The SMILES string of the molecule is O=C(C=C(O)c1ccc(Cl)c(Cl)c1)C(F)(F)F. The molecular weight excluding hydrogens is 280 g/mol. The summed E-state index contributed by atoms with van der Waals surface area (Å²) in [6, 6.07) is 3.68. The molecule has 7 heteroatoms. The summed E-state index contributed by atoms with van der Waals surface area (Å²) in [6.07, 6.45) is -4.94. The van der Waals surface area contributed by atoms with Gasteiger partial charge in [-0.25, -0.2) is 0 Å². The highest BCUT2D eigenvalue weighted by atomic mass is 35.5. The summed E-state index contributed by atoms with van der Waals surface area (Å²) >= 11 is 11.2. The number of alkyl halides is 3. The number of allylic oxidation sites excluding steroid dienone is 1. The van der Waals surface area contributed by atoms with Crippen molar-refractivity contribution in [2.24, 2.45) is 0 Å². The Labute approximate surface area is 104 Å². The molecule has 0 radical (unpaired) electrons. The van der Waals surface area contributed by atoms with E-state index < -0.39 is 17.7 Å². The lowest BCUT2D eigenvalue weighted by atomic mass is 10.1. The third-order valence-electron chi connectivity index (χ3n) is 1.76. The van der Waals surface area contributed by atoms with Gasteiger partial charge in [0.1, 0.15) is 5.76 Å². The molecule has 1 rings (SSSR count). The lowest BCUT2D eigenvalue weighted by molar-refractivity contribution is -0.165. The Morgan fingerprint density at radius 2 is 1.82 bits per heavy atom. The highest BCUT2D eigenvalue weighted by molar-refractivity contribution is 6.42. The van der Waals surface area contributed by atoms with E-state index in [1.165, 1.54) is 12.1 Å². The number of hydrogen-bond acceptors (Lipinski definition) is 2. The van der Waals surface area contributed by atoms with Crippen LogP contribution >= 0.6 is 23.2 Å². The predicted molar refractivity (Wildman–Crippen MR) is 58.1 cm³/mol. The zero-order chi connectivity index (χ0) is 13.2. The van der Waals surface area contributed by atoms with Gasteiger partial charge < -0.3 is 5.11 Å². The van der Waals surface area contributed by atoms with Crippen molar-refractivity contribution < 1.29 is 23.1 Å². The van der Waals surface area contributed by atoms with Gasteiger partial charge in [0.25, 0.3) is 5.78 Å². The summed E-state index contributed by atoms with van der Waals surface area (Å²) in [6.45, 7) is 0. The molecule has 0 bridgehead atoms. The first-order valence-electron chi connectivity index (χ1n) is 4.19. The standard InChI is InChI=1S/C10H5Cl2F3O2/c11-6-2-1-5(3-7(6)12)8(16)4-9(17)10(13,14)15/h1-4,16H. The molecule has 0 aliphatic heterocycles. The van der Waals surface area contributed by atoms with Gasteiger partial charge in [0, 0.05) is 11.6 Å². The average molecular weight is 285 g/mol. The zero-order valence-electron chi connectivity index (χ0n) is 8.05. The van der Waals surface area contributed by atoms with Crippen molar-refractivity contribution in [2.45, 2.75) is 6.18 Å². The Balaban J connectivity index is 3.04. The molecule has 0 fully saturated rings. The number of aliphatic hydroxyl groups is 1. The van der Waals surface area contributed by atoms with E-state index in [0.717, 1.165) is 6.07 Å². The van der Waals surface area contributed by atoms with Crippen LogP contribution in [0.5, 0.6) is 0 Å². The van der Waals surface area contributed by atoms with Crippen molar-refractivity contribution in [2.75, 3.05) is 0 Å². The van der Waals surface area contributed by atoms with E-state index >= 15 is 0 Å². The molecule has 1 aromatic carbocycles. The molecule has 0 aromatic heterocycles. The maximum atomic E-state index is 11.9. The molecule has 92 valence electrons. The van der Waals surface area contributed by atoms with Gasteiger partial charge in [0.15, 0.2) is 0 Å². The first-order valence-corrected chi connectivity index (χ1v) is 4.94. The van der Waals surface area contributed by atoms with Gasteiger partial charge in [-0.3, -0.25) is 4.79 Å². The van der Waals surface area contributed by atoms with Gasteiger partial charge in [-0.2, -0.15) is 13.2 Å². The number of benzene rings is 1. The summed E-state index contributed by atoms with van der Waals surface area (Å²) in [4.78, 5) is 10.6. The fraction of sp³-hybridized carbons (Fsp3) is 0.100. The van der Waals surface area contributed by atoms with Crippen molar-refractivity contribution in [1.29, 1.82) is 0 Å². The third-order valence-corrected chi connectivity index (χ3v) is 2.50. The van der Waals surface area contributed by atoms with E-state index in [1.54, 1.807) is 0 Å². The van der Waals surface area contributed by atoms with Gasteiger partial charge in [-0.05, 0) is 18.2 Å². The predicted octanol–water partition coefficient (Wildman–Crippen LogP) is 4.02. The number of aliphatic hydroxyl groups excluding tert-OH is 1. The Morgan fingerprint density at radius 1 is 1.24 bits per heavy atom. The van der Waals surface area contributed by atoms with Crippen LogP contribution in [-0.4, -0.2) is 17.1 Å². The molecule has 0 aliphatic rings. The van der Waals surface area contributed by atoms with Crippen molar-refractivity contribution >= 4 is 34.7 Å². The number of halogens is 5. The largest absolute Gasteiger partial charge is 0.507 e. The minimum atomic E-state index is -5.02.